The number of ether oxygens (including phenoxy) is 1. The van der Waals surface area contributed by atoms with Crippen LogP contribution in [0.4, 0.5) is 0 Å². The van der Waals surface area contributed by atoms with Gasteiger partial charge >= 0.3 is 0 Å². The SMILES string of the molecule is CCc1n[nH]c(=O)c(C(=O)N2CCO[C@H]3CCCC[C@@H]32)c1CC. The number of nitrogens with zero attached hydrogens (tertiary/aromatic N) is 2. The van der Waals surface area contributed by atoms with Crippen molar-refractivity contribution in [2.24, 2.45) is 0 Å². The van der Waals surface area contributed by atoms with Crippen LogP contribution in [0.2, 0.25) is 0 Å². The first-order valence-electron chi connectivity index (χ1n) is 8.70. The highest BCUT2D eigenvalue weighted by molar-refractivity contribution is 5.95. The van der Waals surface area contributed by atoms with Gasteiger partial charge in [-0.05, 0) is 31.2 Å². The molecule has 1 aliphatic heterocycles. The molecule has 6 nitrogen and oxygen atoms in total. The van der Waals surface area contributed by atoms with Gasteiger partial charge in [0.2, 0.25) is 0 Å². The fourth-order valence-corrected chi connectivity index (χ4v) is 3.91. The second kappa shape index (κ2) is 6.83. The Labute approximate surface area is 136 Å². The number of aromatic nitrogens is 2. The van der Waals surface area contributed by atoms with E-state index in [2.05, 4.69) is 10.2 Å². The molecule has 2 atom stereocenters. The highest BCUT2D eigenvalue weighted by Crippen LogP contribution is 2.29. The van der Waals surface area contributed by atoms with Crippen molar-refractivity contribution in [1.29, 1.82) is 0 Å². The summed E-state index contributed by atoms with van der Waals surface area (Å²) in [6.07, 6.45) is 5.69. The zero-order valence-corrected chi connectivity index (χ0v) is 13.9. The number of carbonyl (C=O) groups excluding carboxylic acids is 1. The van der Waals surface area contributed by atoms with E-state index in [4.69, 9.17) is 4.74 Å². The van der Waals surface area contributed by atoms with Crippen molar-refractivity contribution in [3.05, 3.63) is 27.2 Å². The zero-order valence-electron chi connectivity index (χ0n) is 13.9. The lowest BCUT2D eigenvalue weighted by atomic mass is 9.89. The fraction of sp³-hybridized carbons (Fsp3) is 0.706. The van der Waals surface area contributed by atoms with E-state index < -0.39 is 0 Å². The van der Waals surface area contributed by atoms with Crippen LogP contribution in [0.5, 0.6) is 0 Å². The predicted octanol–water partition coefficient (Wildman–Crippen LogP) is 1.68. The molecule has 2 heterocycles. The van der Waals surface area contributed by atoms with Crippen LogP contribution in [0.15, 0.2) is 4.79 Å². The topological polar surface area (TPSA) is 75.3 Å². The quantitative estimate of drug-likeness (QED) is 0.920. The molecule has 0 bridgehead atoms. The van der Waals surface area contributed by atoms with Crippen LogP contribution < -0.4 is 5.56 Å². The Balaban J connectivity index is 1.98. The lowest BCUT2D eigenvalue weighted by molar-refractivity contribution is -0.0753. The van der Waals surface area contributed by atoms with Crippen molar-refractivity contribution in [3.8, 4) is 0 Å². The molecular formula is C17H25N3O3. The standard InChI is InChI=1S/C17H25N3O3/c1-3-11-12(4-2)18-19-16(21)15(11)17(22)20-9-10-23-14-8-6-5-7-13(14)20/h13-14H,3-10H2,1-2H3,(H,19,21)/t13-,14-/m0/s1. The monoisotopic (exact) mass is 319 g/mol. The van der Waals surface area contributed by atoms with Crippen LogP contribution in [0.1, 0.15) is 61.1 Å². The summed E-state index contributed by atoms with van der Waals surface area (Å²) in [5.41, 5.74) is 1.51. The molecule has 1 aromatic heterocycles. The maximum Gasteiger partial charge on any atom is 0.277 e. The van der Waals surface area contributed by atoms with E-state index in [0.29, 0.717) is 26.0 Å². The summed E-state index contributed by atoms with van der Waals surface area (Å²) in [6.45, 7) is 5.07. The molecule has 126 valence electrons. The maximum absolute atomic E-state index is 13.1. The van der Waals surface area contributed by atoms with Crippen molar-refractivity contribution in [2.45, 2.75) is 64.5 Å². The molecule has 2 aliphatic rings. The lowest BCUT2D eigenvalue weighted by Gasteiger charge is -2.43. The van der Waals surface area contributed by atoms with E-state index in [1.807, 2.05) is 18.7 Å². The molecule has 2 fully saturated rings. The molecule has 1 aliphatic carbocycles. The minimum atomic E-state index is -0.372. The van der Waals surface area contributed by atoms with Gasteiger partial charge < -0.3 is 9.64 Å². The molecule has 0 unspecified atom stereocenters. The van der Waals surface area contributed by atoms with E-state index in [1.165, 1.54) is 0 Å². The molecule has 3 rings (SSSR count). The molecule has 23 heavy (non-hydrogen) atoms. The molecule has 0 radical (unpaired) electrons. The smallest absolute Gasteiger partial charge is 0.277 e. The zero-order chi connectivity index (χ0) is 16.4. The van der Waals surface area contributed by atoms with Gasteiger partial charge in [-0.1, -0.05) is 26.7 Å². The second-order valence-electron chi connectivity index (χ2n) is 6.32. The van der Waals surface area contributed by atoms with Crippen LogP contribution in [0, 0.1) is 0 Å². The lowest BCUT2D eigenvalue weighted by Crippen LogP contribution is -2.55. The van der Waals surface area contributed by atoms with E-state index in [0.717, 1.165) is 36.9 Å². The van der Waals surface area contributed by atoms with Crippen LogP contribution in [0.25, 0.3) is 0 Å². The van der Waals surface area contributed by atoms with Crippen molar-refractivity contribution in [3.63, 3.8) is 0 Å². The summed E-state index contributed by atoms with van der Waals surface area (Å²) < 4.78 is 5.84. The number of amides is 1. The van der Waals surface area contributed by atoms with Crippen molar-refractivity contribution in [2.75, 3.05) is 13.2 Å². The van der Waals surface area contributed by atoms with Gasteiger partial charge in [0.15, 0.2) is 0 Å². The van der Waals surface area contributed by atoms with Gasteiger partial charge in [0.05, 0.1) is 24.4 Å². The Hall–Kier alpha value is -1.69. The minimum absolute atomic E-state index is 0.104. The number of hydrogen-bond donors (Lipinski definition) is 1. The number of hydrogen-bond acceptors (Lipinski definition) is 4. The molecule has 1 amide bonds. The van der Waals surface area contributed by atoms with Crippen molar-refractivity contribution < 1.29 is 9.53 Å². The fourth-order valence-electron chi connectivity index (χ4n) is 3.91. The first-order chi connectivity index (χ1) is 11.2. The Morgan fingerprint density at radius 3 is 2.83 bits per heavy atom. The molecule has 0 spiro atoms. The third-order valence-electron chi connectivity index (χ3n) is 5.06. The van der Waals surface area contributed by atoms with Crippen LogP contribution in [0.3, 0.4) is 0 Å². The second-order valence-corrected chi connectivity index (χ2v) is 6.32. The average Bonchev–Trinajstić information content (AvgIpc) is 2.60. The number of aryl methyl sites for hydroxylation is 1. The number of rotatable bonds is 3. The van der Waals surface area contributed by atoms with Gasteiger partial charge in [0, 0.05) is 6.54 Å². The van der Waals surface area contributed by atoms with E-state index in [1.54, 1.807) is 0 Å². The average molecular weight is 319 g/mol. The molecular weight excluding hydrogens is 294 g/mol. The summed E-state index contributed by atoms with van der Waals surface area (Å²) >= 11 is 0. The number of nitrogens with one attached hydrogen (secondary N) is 1. The van der Waals surface area contributed by atoms with Crippen molar-refractivity contribution in [1.82, 2.24) is 15.1 Å². The van der Waals surface area contributed by atoms with Gasteiger partial charge in [-0.15, -0.1) is 0 Å². The Bertz CT molecular complexity index is 638. The Morgan fingerprint density at radius 1 is 1.30 bits per heavy atom. The number of carbonyl (C=O) groups is 1. The highest BCUT2D eigenvalue weighted by atomic mass is 16.5. The molecule has 1 aromatic rings. The summed E-state index contributed by atoms with van der Waals surface area (Å²) in [5.74, 6) is -0.152. The Kier molecular flexibility index (Phi) is 4.80. The number of H-pyrrole nitrogens is 1. The van der Waals surface area contributed by atoms with Crippen LogP contribution >= 0.6 is 0 Å². The minimum Gasteiger partial charge on any atom is -0.374 e. The third-order valence-corrected chi connectivity index (χ3v) is 5.06. The summed E-state index contributed by atoms with van der Waals surface area (Å²) in [5, 5.41) is 6.61. The highest BCUT2D eigenvalue weighted by Gasteiger charge is 2.38. The first kappa shape index (κ1) is 16.2. The third kappa shape index (κ3) is 2.92. The van der Waals surface area contributed by atoms with Gasteiger partial charge in [-0.3, -0.25) is 9.59 Å². The van der Waals surface area contributed by atoms with E-state index in [9.17, 15) is 9.59 Å². The van der Waals surface area contributed by atoms with Gasteiger partial charge in [-0.25, -0.2) is 5.10 Å². The van der Waals surface area contributed by atoms with Crippen LogP contribution in [-0.4, -0.2) is 46.3 Å². The Morgan fingerprint density at radius 2 is 2.09 bits per heavy atom. The maximum atomic E-state index is 13.1. The first-order valence-corrected chi connectivity index (χ1v) is 8.70. The number of morpholine rings is 1. The number of aromatic amines is 1. The molecule has 0 aromatic carbocycles. The summed E-state index contributed by atoms with van der Waals surface area (Å²) in [7, 11) is 0. The summed E-state index contributed by atoms with van der Waals surface area (Å²) in [4.78, 5) is 27.3. The van der Waals surface area contributed by atoms with Crippen molar-refractivity contribution >= 4 is 5.91 Å². The molecule has 1 saturated heterocycles. The molecule has 1 saturated carbocycles. The normalized spacial score (nSPS) is 24.3. The molecule has 1 N–H and O–H groups in total. The van der Waals surface area contributed by atoms with E-state index >= 15 is 0 Å². The van der Waals surface area contributed by atoms with E-state index in [-0.39, 0.29) is 29.2 Å². The molecule has 6 heteroatoms. The van der Waals surface area contributed by atoms with Gasteiger partial charge in [-0.2, -0.15) is 5.10 Å². The largest absolute Gasteiger partial charge is 0.374 e. The van der Waals surface area contributed by atoms with Gasteiger partial charge in [0.25, 0.3) is 11.5 Å². The summed E-state index contributed by atoms with van der Waals surface area (Å²) in [6, 6.07) is 0.104. The number of fused-ring (bicyclic) bond motifs is 1. The predicted molar refractivity (Wildman–Crippen MR) is 86.6 cm³/mol. The van der Waals surface area contributed by atoms with Gasteiger partial charge in [0.1, 0.15) is 5.56 Å². The van der Waals surface area contributed by atoms with Crippen LogP contribution in [-0.2, 0) is 17.6 Å².